The van der Waals surface area contributed by atoms with Crippen LogP contribution in [0.4, 0.5) is 0 Å². The van der Waals surface area contributed by atoms with E-state index in [1.165, 1.54) is 12.8 Å². The highest BCUT2D eigenvalue weighted by molar-refractivity contribution is 5.62. The number of rotatable bonds is 7. The molecule has 32 heavy (non-hydrogen) atoms. The molecular weight excluding hydrogens is 410 g/mol. The molecule has 2 saturated carbocycles. The first-order valence-corrected chi connectivity index (χ1v) is 12.2. The van der Waals surface area contributed by atoms with E-state index in [4.69, 9.17) is 18.9 Å². The molecule has 5 aliphatic rings. The largest absolute Gasteiger partial charge is 0.632 e. The van der Waals surface area contributed by atoms with Gasteiger partial charge in [-0.15, -0.1) is 0 Å². The van der Waals surface area contributed by atoms with Gasteiger partial charge in [0.25, 0.3) is 0 Å². The van der Waals surface area contributed by atoms with Crippen LogP contribution in [0.2, 0.25) is 0 Å². The second kappa shape index (κ2) is 6.83. The summed E-state index contributed by atoms with van der Waals surface area (Å²) in [6.07, 6.45) is 5.31. The van der Waals surface area contributed by atoms with Gasteiger partial charge < -0.3 is 33.9 Å². The lowest BCUT2D eigenvalue weighted by atomic mass is 9.47. The van der Waals surface area contributed by atoms with Crippen molar-refractivity contribution < 1.29 is 28.7 Å². The molecule has 0 radical (unpaired) electrons. The minimum absolute atomic E-state index is 0.142. The lowest BCUT2D eigenvalue weighted by Crippen LogP contribution is -2.83. The third kappa shape index (κ3) is 2.39. The summed E-state index contributed by atoms with van der Waals surface area (Å²) < 4.78 is 25.3. The summed E-state index contributed by atoms with van der Waals surface area (Å²) in [5, 5.41) is 25.3. The van der Waals surface area contributed by atoms with Crippen molar-refractivity contribution in [2.75, 3.05) is 33.9 Å². The standard InChI is InChI=1S/C25H35NO6/c1-4-13-31-24-9-10-25(29-2,30-3)22-23(24)11-12-26(28,15-16-5-6-16)19(24)14-17-7-8-18(27)21(32-22)20(17)23/h7-8,16,19,22,27H,4-6,9-15H2,1-3H3/t19-,22-,23+,24-,26?/m1/s1. The van der Waals surface area contributed by atoms with Crippen LogP contribution in [-0.2, 0) is 26.0 Å². The van der Waals surface area contributed by atoms with Gasteiger partial charge in [0.05, 0.1) is 18.5 Å². The Balaban J connectivity index is 1.60. The van der Waals surface area contributed by atoms with Gasteiger partial charge in [0.15, 0.2) is 17.6 Å². The van der Waals surface area contributed by atoms with Crippen LogP contribution in [0.1, 0.15) is 56.6 Å². The monoisotopic (exact) mass is 445 g/mol. The van der Waals surface area contributed by atoms with Crippen molar-refractivity contribution in [3.8, 4) is 11.5 Å². The number of hydrogen-bond donors (Lipinski definition) is 1. The highest BCUT2D eigenvalue weighted by Crippen LogP contribution is 2.69. The second-order valence-electron chi connectivity index (χ2n) is 10.6. The maximum absolute atomic E-state index is 14.5. The van der Waals surface area contributed by atoms with Crippen LogP contribution in [0.3, 0.4) is 0 Å². The lowest BCUT2D eigenvalue weighted by Gasteiger charge is -2.70. The maximum atomic E-state index is 14.5. The van der Waals surface area contributed by atoms with Crippen LogP contribution >= 0.6 is 0 Å². The van der Waals surface area contributed by atoms with Gasteiger partial charge in [-0.25, -0.2) is 0 Å². The number of methoxy groups -OCH3 is 2. The number of phenols is 1. The Kier molecular flexibility index (Phi) is 4.52. The molecule has 2 heterocycles. The molecule has 2 bridgehead atoms. The molecule has 0 amide bonds. The van der Waals surface area contributed by atoms with Crippen LogP contribution in [0.15, 0.2) is 12.1 Å². The first-order chi connectivity index (χ1) is 15.4. The third-order valence-electron chi connectivity index (χ3n) is 9.28. The average molecular weight is 446 g/mol. The molecule has 2 aliphatic heterocycles. The van der Waals surface area contributed by atoms with Crippen molar-refractivity contribution >= 4 is 0 Å². The van der Waals surface area contributed by atoms with Crippen LogP contribution in [0, 0.1) is 11.1 Å². The zero-order valence-electron chi connectivity index (χ0n) is 19.4. The number of nitrogens with zero attached hydrogens (tertiary/aromatic N) is 1. The summed E-state index contributed by atoms with van der Waals surface area (Å²) in [4.78, 5) is 0. The Morgan fingerprint density at radius 2 is 1.97 bits per heavy atom. The molecule has 3 fully saturated rings. The van der Waals surface area contributed by atoms with E-state index in [1.807, 2.05) is 6.07 Å². The first kappa shape index (κ1) is 21.2. The van der Waals surface area contributed by atoms with Crippen molar-refractivity contribution in [1.29, 1.82) is 0 Å². The predicted molar refractivity (Wildman–Crippen MR) is 117 cm³/mol. The Morgan fingerprint density at radius 1 is 1.19 bits per heavy atom. The van der Waals surface area contributed by atoms with Crippen LogP contribution < -0.4 is 4.74 Å². The van der Waals surface area contributed by atoms with Crippen molar-refractivity contribution in [2.24, 2.45) is 5.92 Å². The van der Waals surface area contributed by atoms with E-state index in [9.17, 15) is 10.3 Å². The number of benzene rings is 1. The predicted octanol–water partition coefficient (Wildman–Crippen LogP) is 3.39. The molecule has 3 aliphatic carbocycles. The number of likely N-dealkylation sites (tertiary alicyclic amines) is 1. The summed E-state index contributed by atoms with van der Waals surface area (Å²) in [6, 6.07) is 3.50. The summed E-state index contributed by atoms with van der Waals surface area (Å²) in [5.41, 5.74) is 0.910. The summed E-state index contributed by atoms with van der Waals surface area (Å²) >= 11 is 0. The lowest BCUT2D eigenvalue weighted by molar-refractivity contribution is -0.924. The maximum Gasteiger partial charge on any atom is 0.206 e. The van der Waals surface area contributed by atoms with E-state index in [1.54, 1.807) is 20.3 Å². The van der Waals surface area contributed by atoms with Crippen LogP contribution in [-0.4, -0.2) is 67.2 Å². The fourth-order valence-corrected chi connectivity index (χ4v) is 7.76. The van der Waals surface area contributed by atoms with Crippen molar-refractivity contribution in [2.45, 2.75) is 80.8 Å². The molecule has 1 aromatic carbocycles. The van der Waals surface area contributed by atoms with Crippen molar-refractivity contribution in [3.63, 3.8) is 0 Å². The second-order valence-corrected chi connectivity index (χ2v) is 10.6. The van der Waals surface area contributed by atoms with Crippen molar-refractivity contribution in [1.82, 2.24) is 0 Å². The van der Waals surface area contributed by atoms with E-state index in [0.29, 0.717) is 57.0 Å². The number of ether oxygens (including phenoxy) is 4. The van der Waals surface area contributed by atoms with Crippen LogP contribution in [0.25, 0.3) is 0 Å². The van der Waals surface area contributed by atoms with E-state index in [0.717, 1.165) is 17.5 Å². The van der Waals surface area contributed by atoms with E-state index < -0.39 is 22.9 Å². The molecule has 1 aromatic rings. The first-order valence-electron chi connectivity index (χ1n) is 12.2. The number of piperidine rings is 1. The Bertz CT molecular complexity index is 929. The molecule has 1 saturated heterocycles. The average Bonchev–Trinajstić information content (AvgIpc) is 3.53. The Morgan fingerprint density at radius 3 is 2.66 bits per heavy atom. The molecule has 6 rings (SSSR count). The number of phenolic OH excluding ortho intramolecular Hbond substituents is 1. The molecule has 1 spiro atoms. The zero-order valence-corrected chi connectivity index (χ0v) is 19.4. The fraction of sp³-hybridized carbons (Fsp3) is 0.760. The van der Waals surface area contributed by atoms with Crippen LogP contribution in [0.5, 0.6) is 11.5 Å². The summed E-state index contributed by atoms with van der Waals surface area (Å²) in [7, 11) is 3.33. The minimum Gasteiger partial charge on any atom is -0.632 e. The van der Waals surface area contributed by atoms with Gasteiger partial charge in [-0.2, -0.15) is 0 Å². The minimum atomic E-state index is -0.948. The van der Waals surface area contributed by atoms with Crippen molar-refractivity contribution in [3.05, 3.63) is 28.5 Å². The number of quaternary nitrogens is 1. The van der Waals surface area contributed by atoms with E-state index in [2.05, 4.69) is 6.92 Å². The van der Waals surface area contributed by atoms with Gasteiger partial charge in [-0.1, -0.05) is 13.0 Å². The Hall–Kier alpha value is -1.38. The molecule has 7 nitrogen and oxygen atoms in total. The topological polar surface area (TPSA) is 80.2 Å². The summed E-state index contributed by atoms with van der Waals surface area (Å²) in [6.45, 7) is 3.94. The van der Waals surface area contributed by atoms with Gasteiger partial charge in [-0.3, -0.25) is 0 Å². The third-order valence-corrected chi connectivity index (χ3v) is 9.28. The normalized spacial score (nSPS) is 40.6. The molecule has 1 N–H and O–H groups in total. The number of hydrogen-bond acceptors (Lipinski definition) is 6. The Labute approximate surface area is 189 Å². The fourth-order valence-electron chi connectivity index (χ4n) is 7.76. The number of aromatic hydroxyl groups is 1. The van der Waals surface area contributed by atoms with Gasteiger partial charge in [0.1, 0.15) is 11.6 Å². The quantitative estimate of drug-likeness (QED) is 0.394. The summed E-state index contributed by atoms with van der Waals surface area (Å²) in [5.74, 6) is 0.264. The smallest absolute Gasteiger partial charge is 0.206 e. The molecule has 5 atom stereocenters. The van der Waals surface area contributed by atoms with Gasteiger partial charge >= 0.3 is 0 Å². The highest BCUT2D eigenvalue weighted by Gasteiger charge is 2.80. The molecule has 176 valence electrons. The molecular formula is C25H35NO6. The molecule has 1 unspecified atom stereocenters. The SMILES string of the molecule is CCCO[C@@]12CCC(OC)(OC)[C@@H]3Oc4c(O)ccc5c4[C@@]31CC[N+]([O-])(CC1CC1)[C@@H]2C5. The molecule has 7 heteroatoms. The highest BCUT2D eigenvalue weighted by atomic mass is 16.7. The van der Waals surface area contributed by atoms with E-state index >= 15 is 0 Å². The molecule has 0 aromatic heterocycles. The zero-order chi connectivity index (χ0) is 22.4. The van der Waals surface area contributed by atoms with Gasteiger partial charge in [0.2, 0.25) is 5.79 Å². The van der Waals surface area contributed by atoms with E-state index in [-0.39, 0.29) is 16.4 Å². The van der Waals surface area contributed by atoms with Gasteiger partial charge in [0, 0.05) is 51.6 Å². The number of hydroxylamine groups is 3. The van der Waals surface area contributed by atoms with Gasteiger partial charge in [-0.05, 0) is 37.3 Å².